The number of hydrogen-bond acceptors (Lipinski definition) is 0. The van der Waals surface area contributed by atoms with Gasteiger partial charge in [0.2, 0.25) is 14.0 Å². The number of rotatable bonds is 4. The fraction of sp³-hybridized carbons (Fsp3) is 1.00. The van der Waals surface area contributed by atoms with Gasteiger partial charge in [0.05, 0.1) is 0 Å². The Morgan fingerprint density at radius 2 is 0.800 bits per heavy atom. The molecular formula is C6H14Br6Si3. The molecule has 0 aliphatic heterocycles. The average molecular weight is 650 g/mol. The standard InChI is InChI=1S/C6H14Br6Si3/c1-5(2)13(7,8)15(11,12)14(9,10)6(3)4/h5-6H,1-4H3. The van der Waals surface area contributed by atoms with Crippen molar-refractivity contribution >= 4 is 106 Å². The van der Waals surface area contributed by atoms with E-state index in [-0.39, 0.29) is 0 Å². The minimum absolute atomic E-state index is 0.628. The molecule has 92 valence electrons. The van der Waals surface area contributed by atoms with E-state index in [0.717, 1.165) is 0 Å². The van der Waals surface area contributed by atoms with Gasteiger partial charge in [0.15, 0.2) is 0 Å². The first-order valence-electron chi connectivity index (χ1n) is 4.52. The van der Waals surface area contributed by atoms with E-state index < -0.39 is 14.0 Å². The van der Waals surface area contributed by atoms with Gasteiger partial charge in [0.1, 0.15) is 0 Å². The van der Waals surface area contributed by atoms with Crippen molar-refractivity contribution in [2.45, 2.75) is 38.8 Å². The van der Waals surface area contributed by atoms with Gasteiger partial charge in [-0.3, -0.25) is 0 Å². The Balaban J connectivity index is 5.30. The Hall–Kier alpha value is 3.53. The molecule has 0 fully saturated rings. The van der Waals surface area contributed by atoms with Gasteiger partial charge in [0.25, 0.3) is 0 Å². The molecule has 0 aliphatic carbocycles. The predicted octanol–water partition coefficient (Wildman–Crippen LogP) is 6.66. The lowest BCUT2D eigenvalue weighted by molar-refractivity contribution is 1.06. The van der Waals surface area contributed by atoms with Crippen molar-refractivity contribution in [3.05, 3.63) is 0 Å². The molecule has 0 heterocycles. The van der Waals surface area contributed by atoms with Crippen molar-refractivity contribution in [3.63, 3.8) is 0 Å². The highest BCUT2D eigenvalue weighted by atomic mass is 79.9. The van der Waals surface area contributed by atoms with Gasteiger partial charge < -0.3 is 0 Å². The van der Waals surface area contributed by atoms with Crippen LogP contribution in [0.3, 0.4) is 0 Å². The second-order valence-corrected chi connectivity index (χ2v) is 70.1. The zero-order chi connectivity index (χ0) is 12.7. The maximum atomic E-state index is 4.02. The van der Waals surface area contributed by atoms with Crippen molar-refractivity contribution in [2.24, 2.45) is 0 Å². The molecule has 9 heteroatoms. The molecule has 0 aromatic heterocycles. The molecule has 0 aliphatic rings. The van der Waals surface area contributed by atoms with Crippen LogP contribution >= 0.6 is 91.8 Å². The van der Waals surface area contributed by atoms with E-state index >= 15 is 0 Å². The summed E-state index contributed by atoms with van der Waals surface area (Å²) in [6.45, 7) is 9.07. The highest BCUT2D eigenvalue weighted by molar-refractivity contribution is 9.74. The maximum absolute atomic E-state index is 4.02. The molecule has 0 bridgehead atoms. The van der Waals surface area contributed by atoms with Gasteiger partial charge in [-0.05, 0) is 11.1 Å². The molecule has 0 aromatic carbocycles. The Bertz CT molecular complexity index is 205. The van der Waals surface area contributed by atoms with Crippen LogP contribution in [-0.4, -0.2) is 14.0 Å². The van der Waals surface area contributed by atoms with E-state index in [9.17, 15) is 0 Å². The summed E-state index contributed by atoms with van der Waals surface area (Å²) in [6, 6.07) is 0. The van der Waals surface area contributed by atoms with Crippen LogP contribution in [-0.2, 0) is 0 Å². The maximum Gasteiger partial charge on any atom is 0.231 e. The summed E-state index contributed by atoms with van der Waals surface area (Å²) < 4.78 is -1.72. The van der Waals surface area contributed by atoms with Gasteiger partial charge in [-0.2, -0.15) is 0 Å². The summed E-state index contributed by atoms with van der Waals surface area (Å²) in [5.41, 5.74) is 1.26. The summed E-state index contributed by atoms with van der Waals surface area (Å²) >= 11 is 23.9. The SMILES string of the molecule is CC(C)[Si](Br)(Br)[Si](Br)(Br)[Si](Br)(Br)C(C)C. The zero-order valence-electron chi connectivity index (χ0n) is 8.92. The first kappa shape index (κ1) is 18.5. The Labute approximate surface area is 142 Å². The molecule has 15 heavy (non-hydrogen) atoms. The van der Waals surface area contributed by atoms with Gasteiger partial charge in [0, 0.05) is 0 Å². The molecular weight excluding hydrogens is 636 g/mol. The van der Waals surface area contributed by atoms with Crippen molar-refractivity contribution in [2.75, 3.05) is 0 Å². The largest absolute Gasteiger partial charge is 0.231 e. The highest BCUT2D eigenvalue weighted by Crippen LogP contribution is 2.57. The van der Waals surface area contributed by atoms with Crippen LogP contribution in [0, 0.1) is 0 Å². The van der Waals surface area contributed by atoms with E-state index in [1.165, 1.54) is 0 Å². The minimum Gasteiger partial charge on any atom is -0.114 e. The molecule has 0 atom stereocenters. The lowest BCUT2D eigenvalue weighted by Gasteiger charge is -2.42. The third-order valence-electron chi connectivity index (χ3n) is 2.29. The first-order valence-corrected chi connectivity index (χ1v) is 26.2. The monoisotopic (exact) mass is 644 g/mol. The predicted molar refractivity (Wildman–Crippen MR) is 101 cm³/mol. The molecule has 0 spiro atoms. The zero-order valence-corrected chi connectivity index (χ0v) is 21.4. The van der Waals surface area contributed by atoms with Gasteiger partial charge in [-0.25, -0.2) is 0 Å². The smallest absolute Gasteiger partial charge is 0.114 e. The second kappa shape index (κ2) is 6.32. The number of hydrogen-bond donors (Lipinski definition) is 0. The topological polar surface area (TPSA) is 0 Å². The van der Waals surface area contributed by atoms with Crippen LogP contribution in [0.15, 0.2) is 0 Å². The van der Waals surface area contributed by atoms with Crippen molar-refractivity contribution in [1.29, 1.82) is 0 Å². The average Bonchev–Trinajstić information content (AvgIpc) is 2.02. The Kier molecular flexibility index (Phi) is 7.81. The summed E-state index contributed by atoms with van der Waals surface area (Å²) in [5, 5.41) is 0. The molecule has 0 amide bonds. The minimum atomic E-state index is -1.72. The van der Waals surface area contributed by atoms with Crippen LogP contribution in [0.25, 0.3) is 0 Å². The van der Waals surface area contributed by atoms with E-state index in [1.807, 2.05) is 0 Å². The molecule has 0 nitrogen and oxygen atoms in total. The molecule has 0 radical (unpaired) electrons. The fourth-order valence-corrected chi connectivity index (χ4v) is 96.7. The van der Waals surface area contributed by atoms with Crippen molar-refractivity contribution in [3.8, 4) is 0 Å². The van der Waals surface area contributed by atoms with Gasteiger partial charge in [-0.1, -0.05) is 27.7 Å². The van der Waals surface area contributed by atoms with E-state index in [4.69, 9.17) is 0 Å². The molecule has 0 N–H and O–H groups in total. The van der Waals surface area contributed by atoms with Gasteiger partial charge in [-0.15, -0.1) is 91.8 Å². The molecule has 0 unspecified atom stereocenters. The third kappa shape index (κ3) is 3.76. The first-order chi connectivity index (χ1) is 6.39. The quantitative estimate of drug-likeness (QED) is 0.236. The summed E-state index contributed by atoms with van der Waals surface area (Å²) in [4.78, 5) is -3.28. The number of halogens is 6. The third-order valence-corrected chi connectivity index (χ3v) is 129. The summed E-state index contributed by atoms with van der Waals surface area (Å²) in [6.07, 6.45) is 0. The van der Waals surface area contributed by atoms with Crippen molar-refractivity contribution < 1.29 is 0 Å². The summed E-state index contributed by atoms with van der Waals surface area (Å²) in [7, 11) is 0. The van der Waals surface area contributed by atoms with Gasteiger partial charge >= 0.3 is 0 Å². The Morgan fingerprint density at radius 3 is 0.933 bits per heavy atom. The van der Waals surface area contributed by atoms with Crippen molar-refractivity contribution in [1.82, 2.24) is 0 Å². The highest BCUT2D eigenvalue weighted by Gasteiger charge is 2.65. The molecule has 0 saturated heterocycles. The lowest BCUT2D eigenvalue weighted by atomic mass is 10.6. The second-order valence-electron chi connectivity index (χ2n) is 4.13. The summed E-state index contributed by atoms with van der Waals surface area (Å²) in [5.74, 6) is 0. The van der Waals surface area contributed by atoms with E-state index in [1.54, 1.807) is 0 Å². The molecule has 0 saturated carbocycles. The van der Waals surface area contributed by atoms with E-state index in [0.29, 0.717) is 11.1 Å². The molecule has 0 rings (SSSR count). The fourth-order valence-electron chi connectivity index (χ4n) is 0.947. The van der Waals surface area contributed by atoms with Crippen LogP contribution in [0.1, 0.15) is 27.7 Å². The Morgan fingerprint density at radius 1 is 0.600 bits per heavy atom. The van der Waals surface area contributed by atoms with Crippen LogP contribution in [0.2, 0.25) is 11.1 Å². The normalized spacial score (nSPS) is 15.2. The molecule has 0 aromatic rings. The van der Waals surface area contributed by atoms with E-state index in [2.05, 4.69) is 119 Å². The lowest BCUT2D eigenvalue weighted by Crippen LogP contribution is -2.63. The van der Waals surface area contributed by atoms with Crippen LogP contribution in [0.4, 0.5) is 0 Å². The van der Waals surface area contributed by atoms with Crippen LogP contribution in [0.5, 0.6) is 0 Å². The van der Waals surface area contributed by atoms with Crippen LogP contribution < -0.4 is 0 Å².